The van der Waals surface area contributed by atoms with Crippen LogP contribution in [0.4, 0.5) is 0 Å². The van der Waals surface area contributed by atoms with Crippen LogP contribution in [0, 0.1) is 0 Å². The van der Waals surface area contributed by atoms with Crippen LogP contribution in [0.3, 0.4) is 0 Å². The van der Waals surface area contributed by atoms with Crippen LogP contribution in [-0.2, 0) is 25.6 Å². The molecule has 27 heavy (non-hydrogen) atoms. The molecule has 0 spiro atoms. The van der Waals surface area contributed by atoms with Crippen molar-refractivity contribution < 1.29 is 29.4 Å². The molecule has 6 N–H and O–H groups in total. The van der Waals surface area contributed by atoms with Gasteiger partial charge < -0.3 is 31.1 Å². The van der Waals surface area contributed by atoms with Crippen LogP contribution in [0.5, 0.6) is 0 Å². The lowest BCUT2D eigenvalue weighted by Crippen LogP contribution is -2.54. The van der Waals surface area contributed by atoms with Gasteiger partial charge in [-0.25, -0.2) is 9.78 Å². The van der Waals surface area contributed by atoms with Crippen LogP contribution < -0.4 is 11.1 Å². The third-order valence-electron chi connectivity index (χ3n) is 4.41. The Hall–Kier alpha value is -2.95. The number of aromatic nitrogens is 2. The van der Waals surface area contributed by atoms with E-state index in [0.717, 1.165) is 0 Å². The van der Waals surface area contributed by atoms with Crippen LogP contribution in [0.25, 0.3) is 0 Å². The minimum absolute atomic E-state index is 0.236. The topological polar surface area (TPSA) is 179 Å². The molecule has 0 aromatic carbocycles. The van der Waals surface area contributed by atoms with Crippen LogP contribution in [-0.4, -0.2) is 73.5 Å². The number of H-pyrrole nitrogens is 1. The van der Waals surface area contributed by atoms with Crippen molar-refractivity contribution in [2.75, 3.05) is 6.54 Å². The average Bonchev–Trinajstić information content (AvgIpc) is 3.28. The number of nitrogens with zero attached hydrogens (tertiary/aromatic N) is 2. The van der Waals surface area contributed by atoms with Gasteiger partial charge in [-0.1, -0.05) is 0 Å². The summed E-state index contributed by atoms with van der Waals surface area (Å²) in [7, 11) is 0. The third-order valence-corrected chi connectivity index (χ3v) is 4.41. The zero-order valence-corrected chi connectivity index (χ0v) is 14.6. The number of imidazole rings is 1. The maximum atomic E-state index is 12.6. The largest absolute Gasteiger partial charge is 0.481 e. The van der Waals surface area contributed by atoms with E-state index in [9.17, 15) is 19.2 Å². The number of carboxylic acid groups (broad SMARTS) is 2. The number of hydrogen-bond donors (Lipinski definition) is 5. The summed E-state index contributed by atoms with van der Waals surface area (Å²) in [4.78, 5) is 55.0. The number of nitrogens with two attached hydrogens (primary N) is 1. The zero-order valence-electron chi connectivity index (χ0n) is 14.6. The lowest BCUT2D eigenvalue weighted by Gasteiger charge is -2.27. The summed E-state index contributed by atoms with van der Waals surface area (Å²) >= 11 is 0. The second-order valence-electron chi connectivity index (χ2n) is 6.41. The van der Waals surface area contributed by atoms with Gasteiger partial charge in [0.25, 0.3) is 0 Å². The second kappa shape index (κ2) is 9.12. The van der Waals surface area contributed by atoms with Crippen molar-refractivity contribution >= 4 is 23.8 Å². The van der Waals surface area contributed by atoms with Crippen molar-refractivity contribution in [2.24, 2.45) is 5.73 Å². The van der Waals surface area contributed by atoms with Crippen molar-refractivity contribution in [2.45, 2.75) is 50.2 Å². The number of amides is 2. The van der Waals surface area contributed by atoms with E-state index in [-0.39, 0.29) is 19.3 Å². The lowest BCUT2D eigenvalue weighted by molar-refractivity contribution is -0.144. The highest BCUT2D eigenvalue weighted by Gasteiger charge is 2.37. The Balaban J connectivity index is 1.98. The fourth-order valence-corrected chi connectivity index (χ4v) is 3.03. The van der Waals surface area contributed by atoms with Crippen molar-refractivity contribution in [3.8, 4) is 0 Å². The van der Waals surface area contributed by atoms with Crippen molar-refractivity contribution in [3.63, 3.8) is 0 Å². The van der Waals surface area contributed by atoms with Gasteiger partial charge in [-0.3, -0.25) is 14.4 Å². The predicted molar refractivity (Wildman–Crippen MR) is 91.4 cm³/mol. The number of carbonyl (C=O) groups excluding carboxylic acids is 2. The van der Waals surface area contributed by atoms with Crippen LogP contribution in [0.1, 0.15) is 31.4 Å². The Morgan fingerprint density at radius 2 is 2.11 bits per heavy atom. The number of aliphatic carboxylic acids is 2. The Bertz CT molecular complexity index is 691. The Morgan fingerprint density at radius 3 is 2.70 bits per heavy atom. The fraction of sp³-hybridized carbons (Fsp3) is 0.562. The normalized spacial score (nSPS) is 18.7. The number of carbonyl (C=O) groups is 4. The van der Waals surface area contributed by atoms with Crippen LogP contribution in [0.15, 0.2) is 12.5 Å². The highest BCUT2D eigenvalue weighted by molar-refractivity contribution is 5.92. The van der Waals surface area contributed by atoms with Gasteiger partial charge in [-0.15, -0.1) is 0 Å². The van der Waals surface area contributed by atoms with Gasteiger partial charge in [0, 0.05) is 31.3 Å². The molecule has 0 saturated carbocycles. The standard InChI is InChI=1S/C16H23N5O6/c17-10(6-9-7-18-8-19-9)15(25)21-5-1-2-12(21)14(24)20-11(16(26)27)3-4-13(22)23/h7-8,10-12H,1-6,17H2,(H,18,19)(H,20,24)(H,22,23)(H,26,27). The number of hydrogen-bond acceptors (Lipinski definition) is 6. The maximum absolute atomic E-state index is 12.6. The molecule has 1 saturated heterocycles. The summed E-state index contributed by atoms with van der Waals surface area (Å²) in [5, 5.41) is 20.2. The first-order valence-electron chi connectivity index (χ1n) is 8.58. The van der Waals surface area contributed by atoms with E-state index in [1.807, 2.05) is 0 Å². The lowest BCUT2D eigenvalue weighted by atomic mass is 10.1. The Labute approximate surface area is 154 Å². The summed E-state index contributed by atoms with van der Waals surface area (Å²) in [5.41, 5.74) is 6.64. The minimum atomic E-state index is -1.33. The smallest absolute Gasteiger partial charge is 0.326 e. The van der Waals surface area contributed by atoms with Gasteiger partial charge in [-0.2, -0.15) is 0 Å². The van der Waals surface area contributed by atoms with Gasteiger partial charge in [0.1, 0.15) is 12.1 Å². The quantitative estimate of drug-likeness (QED) is 0.350. The SMILES string of the molecule is NC(Cc1cnc[nH]1)C(=O)N1CCCC1C(=O)NC(CCC(=O)O)C(=O)O. The van der Waals surface area contributed by atoms with Gasteiger partial charge >= 0.3 is 11.9 Å². The molecule has 1 fully saturated rings. The van der Waals surface area contributed by atoms with Crippen LogP contribution in [0.2, 0.25) is 0 Å². The molecule has 0 radical (unpaired) electrons. The van der Waals surface area contributed by atoms with E-state index >= 15 is 0 Å². The van der Waals surface area contributed by atoms with Gasteiger partial charge in [0.15, 0.2) is 0 Å². The highest BCUT2D eigenvalue weighted by atomic mass is 16.4. The van der Waals surface area contributed by atoms with Crippen molar-refractivity contribution in [1.82, 2.24) is 20.2 Å². The molecule has 1 aromatic rings. The summed E-state index contributed by atoms with van der Waals surface area (Å²) in [5.74, 6) is -3.50. The number of rotatable bonds is 9. The van der Waals surface area contributed by atoms with Crippen molar-refractivity contribution in [3.05, 3.63) is 18.2 Å². The summed E-state index contributed by atoms with van der Waals surface area (Å²) in [6.45, 7) is 0.348. The van der Waals surface area contributed by atoms with E-state index in [1.165, 1.54) is 11.2 Å². The highest BCUT2D eigenvalue weighted by Crippen LogP contribution is 2.19. The van der Waals surface area contributed by atoms with E-state index in [4.69, 9.17) is 15.9 Å². The average molecular weight is 381 g/mol. The predicted octanol–water partition coefficient (Wildman–Crippen LogP) is -1.30. The Kier molecular flexibility index (Phi) is 6.88. The molecule has 1 aromatic heterocycles. The molecule has 2 rings (SSSR count). The number of aromatic amines is 1. The fourth-order valence-electron chi connectivity index (χ4n) is 3.03. The van der Waals surface area contributed by atoms with Gasteiger partial charge in [0.2, 0.25) is 11.8 Å². The van der Waals surface area contributed by atoms with Crippen LogP contribution >= 0.6 is 0 Å². The molecule has 0 bridgehead atoms. The van der Waals surface area contributed by atoms with Gasteiger partial charge in [-0.05, 0) is 19.3 Å². The molecule has 1 aliphatic rings. The molecule has 0 aliphatic carbocycles. The number of carboxylic acids is 2. The molecule has 11 heteroatoms. The Morgan fingerprint density at radius 1 is 1.37 bits per heavy atom. The van der Waals surface area contributed by atoms with E-state index < -0.39 is 41.9 Å². The van der Waals surface area contributed by atoms with Gasteiger partial charge in [0.05, 0.1) is 12.4 Å². The van der Waals surface area contributed by atoms with E-state index in [0.29, 0.717) is 25.1 Å². The molecule has 3 atom stereocenters. The minimum Gasteiger partial charge on any atom is -0.481 e. The summed E-state index contributed by atoms with van der Waals surface area (Å²) in [6, 6.07) is -3.01. The molecule has 11 nitrogen and oxygen atoms in total. The third kappa shape index (κ3) is 5.51. The van der Waals surface area contributed by atoms with Crippen molar-refractivity contribution in [1.29, 1.82) is 0 Å². The maximum Gasteiger partial charge on any atom is 0.326 e. The van der Waals surface area contributed by atoms with E-state index in [1.54, 1.807) is 6.20 Å². The summed E-state index contributed by atoms with van der Waals surface area (Å²) in [6.07, 6.45) is 3.62. The first kappa shape index (κ1) is 20.4. The molecule has 2 heterocycles. The molecule has 148 valence electrons. The number of likely N-dealkylation sites (tertiary alicyclic amines) is 1. The first-order chi connectivity index (χ1) is 12.8. The first-order valence-corrected chi connectivity index (χ1v) is 8.58. The van der Waals surface area contributed by atoms with E-state index in [2.05, 4.69) is 15.3 Å². The molecular formula is C16H23N5O6. The molecule has 3 unspecified atom stereocenters. The molecule has 1 aliphatic heterocycles. The number of nitrogens with one attached hydrogen (secondary N) is 2. The summed E-state index contributed by atoms with van der Waals surface area (Å²) < 4.78 is 0. The molecular weight excluding hydrogens is 358 g/mol. The molecule has 2 amide bonds. The second-order valence-corrected chi connectivity index (χ2v) is 6.41. The zero-order chi connectivity index (χ0) is 20.0. The monoisotopic (exact) mass is 381 g/mol.